The van der Waals surface area contributed by atoms with E-state index >= 15 is 0 Å². The van der Waals surface area contributed by atoms with E-state index in [1.807, 2.05) is 0 Å². The van der Waals surface area contributed by atoms with Crippen LogP contribution in [-0.2, 0) is 4.57 Å². The molecule has 0 radical (unpaired) electrons. The first-order chi connectivity index (χ1) is 6.54. The van der Waals surface area contributed by atoms with Gasteiger partial charge in [0, 0.05) is 4.57 Å². The van der Waals surface area contributed by atoms with E-state index in [0.717, 1.165) is 0 Å². The minimum Gasteiger partial charge on any atom is -0.394 e. The maximum Gasteiger partial charge on any atom is 0.692 e. The van der Waals surface area contributed by atoms with Crippen LogP contribution >= 0.6 is 8.25 Å². The van der Waals surface area contributed by atoms with Gasteiger partial charge in [0.15, 0.2) is 5.82 Å². The van der Waals surface area contributed by atoms with Crippen LogP contribution in [0, 0.1) is 0 Å². The Hall–Kier alpha value is -1.63. The van der Waals surface area contributed by atoms with Crippen LogP contribution in [0.2, 0.25) is 0 Å². The Kier molecular flexibility index (Phi) is 10.0. The highest BCUT2D eigenvalue weighted by Crippen LogP contribution is 2.02. The van der Waals surface area contributed by atoms with Crippen molar-refractivity contribution in [2.45, 2.75) is 0 Å². The number of hydrogen-bond acceptors (Lipinski definition) is 6. The molecular weight excluding hydrogens is 209 g/mol. The molecule has 1 heterocycles. The molecule has 78 valence electrons. The van der Waals surface area contributed by atoms with Crippen molar-refractivity contribution in [3.63, 3.8) is 0 Å². The number of hydrogen-bond donors (Lipinski definition) is 4. The van der Waals surface area contributed by atoms with Crippen LogP contribution in [0.4, 0.5) is 11.5 Å². The van der Waals surface area contributed by atoms with Gasteiger partial charge in [-0.25, -0.2) is 0 Å². The molecule has 8 nitrogen and oxygen atoms in total. The molecule has 6 N–H and O–H groups in total. The van der Waals surface area contributed by atoms with Crippen LogP contribution in [0.25, 0.3) is 0 Å². The fraction of sp³-hybridized carbons (Fsp3) is 0. The van der Waals surface area contributed by atoms with Crippen LogP contribution in [0.1, 0.15) is 0 Å². The smallest absolute Gasteiger partial charge is 0.394 e. The fourth-order valence-corrected chi connectivity index (χ4v) is 0.286. The summed E-state index contributed by atoms with van der Waals surface area (Å²) >= 11 is 0. The number of aromatic nitrogens is 3. The molecule has 0 saturated carbocycles. The van der Waals surface area contributed by atoms with Crippen LogP contribution < -0.4 is 11.5 Å². The largest absolute Gasteiger partial charge is 0.692 e. The van der Waals surface area contributed by atoms with Gasteiger partial charge >= 0.3 is 8.25 Å². The normalized spacial score (nSPS) is 7.29. The third-order valence-corrected chi connectivity index (χ3v) is 0.697. The minimum atomic E-state index is -2.87. The van der Waals surface area contributed by atoms with E-state index in [1.165, 1.54) is 6.20 Å². The third-order valence-electron chi connectivity index (χ3n) is 0.697. The molecule has 1 aromatic rings. The Morgan fingerprint density at radius 2 is 1.79 bits per heavy atom. The first-order valence-corrected chi connectivity index (χ1v) is 4.25. The highest BCUT2D eigenvalue weighted by molar-refractivity contribution is 7.30. The lowest BCUT2D eigenvalue weighted by molar-refractivity contribution is 0.405. The van der Waals surface area contributed by atoms with Crippen molar-refractivity contribution in [1.82, 2.24) is 15.4 Å². The molecule has 0 aliphatic heterocycles. The number of nitrogens with two attached hydrogens (primary N) is 2. The Bertz CT molecular complexity index is 259. The molecule has 0 amide bonds. The molecule has 0 bridgehead atoms. The summed E-state index contributed by atoms with van der Waals surface area (Å²) in [6, 6.07) is 0. The van der Waals surface area contributed by atoms with Crippen molar-refractivity contribution in [3.8, 4) is 0 Å². The van der Waals surface area contributed by atoms with Gasteiger partial charge in [-0.3, -0.25) is 0 Å². The molecule has 1 rings (SSSR count). The summed E-state index contributed by atoms with van der Waals surface area (Å²) in [6.07, 6.45) is 1.35. The van der Waals surface area contributed by atoms with Gasteiger partial charge in [0.05, 0.1) is 11.9 Å². The number of nitrogen functional groups attached to an aromatic ring is 2. The first-order valence-electron chi connectivity index (χ1n) is 3.08. The average molecular weight is 220 g/mol. The Labute approximate surface area is 81.2 Å². The lowest BCUT2D eigenvalue weighted by Gasteiger charge is -1.90. The van der Waals surface area contributed by atoms with Crippen LogP contribution in [0.3, 0.4) is 0 Å². The summed E-state index contributed by atoms with van der Waals surface area (Å²) in [6.45, 7) is 6.00. The highest BCUT2D eigenvalue weighted by atomic mass is 31.1. The highest BCUT2D eigenvalue weighted by Gasteiger charge is 1.93. The molecule has 1 aromatic heterocycles. The monoisotopic (exact) mass is 220 g/mol. The van der Waals surface area contributed by atoms with Crippen molar-refractivity contribution in [2.24, 2.45) is 0 Å². The zero-order valence-electron chi connectivity index (χ0n) is 7.24. The molecule has 0 fully saturated rings. The van der Waals surface area contributed by atoms with Crippen LogP contribution in [-0.4, -0.2) is 25.2 Å². The minimum absolute atomic E-state index is 0.222. The van der Waals surface area contributed by atoms with E-state index in [2.05, 4.69) is 28.6 Å². The van der Waals surface area contributed by atoms with E-state index in [0.29, 0.717) is 5.69 Å². The lowest BCUT2D eigenvalue weighted by atomic mass is 10.5. The van der Waals surface area contributed by atoms with Crippen molar-refractivity contribution >= 4 is 19.8 Å². The molecular formula is C5H11N5O3P+. The molecule has 0 aliphatic rings. The third kappa shape index (κ3) is 10.4. The summed E-state index contributed by atoms with van der Waals surface area (Å²) < 4.78 is 8.70. The SMILES string of the molecule is C=C.Nc1cnnnc1N.O=[P+](O)O. The second-order valence-electron chi connectivity index (χ2n) is 1.53. The number of anilines is 2. The molecule has 0 atom stereocenters. The van der Waals surface area contributed by atoms with Gasteiger partial charge in [-0.1, -0.05) is 0 Å². The van der Waals surface area contributed by atoms with Gasteiger partial charge in [0.1, 0.15) is 0 Å². The lowest BCUT2D eigenvalue weighted by Crippen LogP contribution is -2.00. The predicted octanol–water partition coefficient (Wildman–Crippen LogP) is -0.533. The molecule has 0 aromatic carbocycles. The summed E-state index contributed by atoms with van der Waals surface area (Å²) in [5.74, 6) is 0.222. The summed E-state index contributed by atoms with van der Waals surface area (Å²) in [5, 5.41) is 9.99. The van der Waals surface area contributed by atoms with Gasteiger partial charge in [0.25, 0.3) is 0 Å². The molecule has 0 unspecified atom stereocenters. The van der Waals surface area contributed by atoms with E-state index < -0.39 is 8.25 Å². The molecule has 0 saturated heterocycles. The Morgan fingerprint density at radius 1 is 1.36 bits per heavy atom. The van der Waals surface area contributed by atoms with Crippen molar-refractivity contribution < 1.29 is 14.4 Å². The number of nitrogens with zero attached hydrogens (tertiary/aromatic N) is 3. The van der Waals surface area contributed by atoms with E-state index in [9.17, 15) is 0 Å². The van der Waals surface area contributed by atoms with Gasteiger partial charge in [-0.05, 0) is 5.21 Å². The first kappa shape index (κ1) is 14.9. The zero-order chi connectivity index (χ0) is 11.6. The summed E-state index contributed by atoms with van der Waals surface area (Å²) in [5.41, 5.74) is 10.8. The van der Waals surface area contributed by atoms with E-state index in [1.54, 1.807) is 0 Å². The van der Waals surface area contributed by atoms with Crippen molar-refractivity contribution in [1.29, 1.82) is 0 Å². The molecule has 0 aliphatic carbocycles. The van der Waals surface area contributed by atoms with Crippen molar-refractivity contribution in [2.75, 3.05) is 11.5 Å². The Morgan fingerprint density at radius 3 is 2.00 bits per heavy atom. The maximum atomic E-state index is 8.70. The molecule has 14 heavy (non-hydrogen) atoms. The quantitative estimate of drug-likeness (QED) is 0.336. The average Bonchev–Trinajstić information content (AvgIpc) is 2.13. The van der Waals surface area contributed by atoms with Crippen molar-refractivity contribution in [3.05, 3.63) is 19.4 Å². The summed E-state index contributed by atoms with van der Waals surface area (Å²) in [7, 11) is -2.87. The number of rotatable bonds is 0. The van der Waals surface area contributed by atoms with Gasteiger partial charge in [0.2, 0.25) is 0 Å². The predicted molar refractivity (Wildman–Crippen MR) is 51.9 cm³/mol. The maximum absolute atomic E-state index is 8.70. The topological polar surface area (TPSA) is 148 Å². The van der Waals surface area contributed by atoms with Gasteiger partial charge in [-0.2, -0.15) is 0 Å². The summed E-state index contributed by atoms with van der Waals surface area (Å²) in [4.78, 5) is 14.2. The van der Waals surface area contributed by atoms with Gasteiger partial charge in [-0.15, -0.1) is 33.1 Å². The van der Waals surface area contributed by atoms with Crippen LogP contribution in [0.5, 0.6) is 0 Å². The van der Waals surface area contributed by atoms with E-state index in [4.69, 9.17) is 25.8 Å². The molecule has 9 heteroatoms. The zero-order valence-corrected chi connectivity index (χ0v) is 8.13. The van der Waals surface area contributed by atoms with Gasteiger partial charge < -0.3 is 11.5 Å². The van der Waals surface area contributed by atoms with Crippen LogP contribution in [0.15, 0.2) is 19.4 Å². The van der Waals surface area contributed by atoms with E-state index in [-0.39, 0.29) is 5.82 Å². The second-order valence-corrected chi connectivity index (χ2v) is 2.03. The Balaban J connectivity index is 0. The second kappa shape index (κ2) is 9.46. The molecule has 0 spiro atoms. The fourth-order valence-electron chi connectivity index (χ4n) is 0.286. The standard InChI is InChI=1S/C3H5N5.C2H4.HO3P/c4-2-1-6-8-7-3(2)5;1-2;1-4(2)3/h1H,(H2,4,8)(H2,5,6,7);1-2H2;(H-,1,2,3)/p+1.